The molecule has 20 heavy (non-hydrogen) atoms. The fraction of sp³-hybridized carbons (Fsp3) is 0.846. The molecule has 0 spiro atoms. The van der Waals surface area contributed by atoms with Crippen molar-refractivity contribution in [1.82, 2.24) is 5.32 Å². The van der Waals surface area contributed by atoms with E-state index >= 15 is 0 Å². The highest BCUT2D eigenvalue weighted by Gasteiger charge is 2.48. The van der Waals surface area contributed by atoms with Crippen LogP contribution >= 0.6 is 0 Å². The molecule has 1 fully saturated rings. The van der Waals surface area contributed by atoms with Crippen LogP contribution in [0.5, 0.6) is 0 Å². The summed E-state index contributed by atoms with van der Waals surface area (Å²) < 4.78 is 10.2. The number of ether oxygens (including phenoxy) is 2. The van der Waals surface area contributed by atoms with Crippen molar-refractivity contribution < 1.29 is 19.5 Å². The molecule has 1 aliphatic rings. The van der Waals surface area contributed by atoms with Gasteiger partial charge in [0, 0.05) is 20.3 Å². The van der Waals surface area contributed by atoms with Crippen LogP contribution < -0.4 is 11.1 Å². The van der Waals surface area contributed by atoms with Crippen LogP contribution in [0.3, 0.4) is 0 Å². The number of nitrogens with two attached hydrogens (primary N) is 1. The average Bonchev–Trinajstić information content (AvgIpc) is 2.40. The number of nitrogens with one attached hydrogen (secondary N) is 1. The predicted molar refractivity (Wildman–Crippen MR) is 74.6 cm³/mol. The Kier molecular flexibility index (Phi) is 7.32. The van der Waals surface area contributed by atoms with E-state index in [1.807, 2.05) is 0 Å². The molecule has 0 atom stereocenters. The first-order valence-electron chi connectivity index (χ1n) is 7.00. The summed E-state index contributed by atoms with van der Waals surface area (Å²) in [7, 11) is 1.64. The molecule has 1 rings (SSSR count). The maximum Gasteiger partial charge on any atom is 0.233 e. The molecule has 0 aromatic rings. The van der Waals surface area contributed by atoms with Crippen molar-refractivity contribution in [3.8, 4) is 0 Å². The molecule has 1 amide bonds. The molecule has 0 saturated heterocycles. The summed E-state index contributed by atoms with van der Waals surface area (Å²) in [6.07, 6.45) is 3.94. The largest absolute Gasteiger partial charge is 0.409 e. The lowest BCUT2D eigenvalue weighted by molar-refractivity contribution is -0.131. The first kappa shape index (κ1) is 16.7. The van der Waals surface area contributed by atoms with Crippen molar-refractivity contribution in [2.24, 2.45) is 16.3 Å². The number of rotatable bonds is 10. The molecular formula is C13H25N3O4. The van der Waals surface area contributed by atoms with Crippen molar-refractivity contribution in [2.75, 3.05) is 33.5 Å². The maximum absolute atomic E-state index is 12.1. The molecule has 0 aliphatic heterocycles. The van der Waals surface area contributed by atoms with Crippen LogP contribution in [0.4, 0.5) is 0 Å². The number of carbonyl (C=O) groups excluding carboxylic acids is 1. The summed E-state index contributed by atoms with van der Waals surface area (Å²) >= 11 is 0. The van der Waals surface area contributed by atoms with Crippen molar-refractivity contribution in [2.45, 2.75) is 32.1 Å². The second-order valence-electron chi connectivity index (χ2n) is 4.99. The molecule has 0 unspecified atom stereocenters. The SMILES string of the molecule is COCCOCCCCNC(=O)C1(C(N)=NO)CCC1. The quantitative estimate of drug-likeness (QED) is 0.178. The zero-order valence-corrected chi connectivity index (χ0v) is 12.1. The van der Waals surface area contributed by atoms with Crippen molar-refractivity contribution in [3.05, 3.63) is 0 Å². The third-order valence-corrected chi connectivity index (χ3v) is 3.67. The number of amidine groups is 1. The second-order valence-corrected chi connectivity index (χ2v) is 4.99. The van der Waals surface area contributed by atoms with Gasteiger partial charge < -0.3 is 25.7 Å². The van der Waals surface area contributed by atoms with Gasteiger partial charge in [0.1, 0.15) is 5.41 Å². The highest BCUT2D eigenvalue weighted by Crippen LogP contribution is 2.41. The highest BCUT2D eigenvalue weighted by molar-refractivity contribution is 6.07. The lowest BCUT2D eigenvalue weighted by Crippen LogP contribution is -2.54. The van der Waals surface area contributed by atoms with Crippen LogP contribution in [-0.2, 0) is 14.3 Å². The summed E-state index contributed by atoms with van der Waals surface area (Å²) in [5.41, 5.74) is 4.83. The number of oxime groups is 1. The van der Waals surface area contributed by atoms with E-state index < -0.39 is 5.41 Å². The number of hydrogen-bond acceptors (Lipinski definition) is 5. The minimum absolute atomic E-state index is 0.0177. The van der Waals surface area contributed by atoms with Gasteiger partial charge in [-0.05, 0) is 25.7 Å². The molecule has 116 valence electrons. The Hall–Kier alpha value is -1.34. The molecule has 7 nitrogen and oxygen atoms in total. The monoisotopic (exact) mass is 287 g/mol. The van der Waals surface area contributed by atoms with Gasteiger partial charge in [-0.25, -0.2) is 0 Å². The smallest absolute Gasteiger partial charge is 0.233 e. The maximum atomic E-state index is 12.1. The summed E-state index contributed by atoms with van der Waals surface area (Å²) in [4.78, 5) is 12.1. The van der Waals surface area contributed by atoms with Crippen LogP contribution in [-0.4, -0.2) is 50.4 Å². The van der Waals surface area contributed by atoms with Gasteiger partial charge in [-0.2, -0.15) is 0 Å². The highest BCUT2D eigenvalue weighted by atomic mass is 16.5. The molecule has 7 heteroatoms. The molecule has 0 bridgehead atoms. The Morgan fingerprint density at radius 1 is 1.35 bits per heavy atom. The number of nitrogens with zero attached hydrogens (tertiary/aromatic N) is 1. The van der Waals surface area contributed by atoms with Gasteiger partial charge in [0.2, 0.25) is 5.91 Å². The topological polar surface area (TPSA) is 106 Å². The Labute approximate surface area is 119 Å². The number of methoxy groups -OCH3 is 1. The number of carbonyl (C=O) groups is 1. The molecule has 4 N–H and O–H groups in total. The average molecular weight is 287 g/mol. The number of unbranched alkanes of at least 4 members (excludes halogenated alkanes) is 1. The lowest BCUT2D eigenvalue weighted by Gasteiger charge is -2.38. The normalized spacial score (nSPS) is 17.6. The third kappa shape index (κ3) is 4.35. The first-order valence-corrected chi connectivity index (χ1v) is 7.00. The van der Waals surface area contributed by atoms with Crippen LogP contribution in [0.15, 0.2) is 5.16 Å². The molecular weight excluding hydrogens is 262 g/mol. The van der Waals surface area contributed by atoms with Gasteiger partial charge in [-0.3, -0.25) is 4.79 Å². The molecule has 0 aromatic carbocycles. The first-order chi connectivity index (χ1) is 9.67. The Morgan fingerprint density at radius 2 is 2.10 bits per heavy atom. The van der Waals surface area contributed by atoms with Crippen LogP contribution in [0.25, 0.3) is 0 Å². The van der Waals surface area contributed by atoms with Gasteiger partial charge >= 0.3 is 0 Å². The van der Waals surface area contributed by atoms with Gasteiger partial charge in [-0.1, -0.05) is 11.6 Å². The molecule has 0 aromatic heterocycles. The summed E-state index contributed by atoms with van der Waals surface area (Å²) in [6.45, 7) is 2.42. The van der Waals surface area contributed by atoms with Crippen molar-refractivity contribution >= 4 is 11.7 Å². The molecule has 0 radical (unpaired) electrons. The van der Waals surface area contributed by atoms with Gasteiger partial charge in [0.25, 0.3) is 0 Å². The summed E-state index contributed by atoms with van der Waals surface area (Å²) in [5, 5.41) is 14.6. The minimum atomic E-state index is -0.788. The van der Waals surface area contributed by atoms with Gasteiger partial charge in [-0.15, -0.1) is 0 Å². The van der Waals surface area contributed by atoms with E-state index in [1.54, 1.807) is 7.11 Å². The van der Waals surface area contributed by atoms with Crippen LogP contribution in [0.1, 0.15) is 32.1 Å². The Balaban J connectivity index is 2.14. The molecule has 1 saturated carbocycles. The van der Waals surface area contributed by atoms with E-state index in [-0.39, 0.29) is 11.7 Å². The van der Waals surface area contributed by atoms with Gasteiger partial charge in [0.05, 0.1) is 13.2 Å². The number of hydrogen-bond donors (Lipinski definition) is 3. The van der Waals surface area contributed by atoms with E-state index in [1.165, 1.54) is 0 Å². The Morgan fingerprint density at radius 3 is 2.65 bits per heavy atom. The van der Waals surface area contributed by atoms with Crippen molar-refractivity contribution in [1.29, 1.82) is 0 Å². The minimum Gasteiger partial charge on any atom is -0.409 e. The summed E-state index contributed by atoms with van der Waals surface area (Å²) in [5.74, 6) is -0.122. The third-order valence-electron chi connectivity index (χ3n) is 3.67. The van der Waals surface area contributed by atoms with E-state index in [0.717, 1.165) is 19.3 Å². The number of amides is 1. The van der Waals surface area contributed by atoms with Gasteiger partial charge in [0.15, 0.2) is 5.84 Å². The van der Waals surface area contributed by atoms with Crippen molar-refractivity contribution in [3.63, 3.8) is 0 Å². The zero-order chi connectivity index (χ0) is 14.8. The van der Waals surface area contributed by atoms with E-state index in [2.05, 4.69) is 10.5 Å². The Bertz CT molecular complexity index is 330. The fourth-order valence-corrected chi connectivity index (χ4v) is 2.17. The standard InChI is InChI=1S/C13H25N3O4/c1-19-9-10-20-8-3-2-7-15-12(17)13(5-4-6-13)11(14)16-18/h18H,2-10H2,1H3,(H2,14,16)(H,15,17). The van der Waals surface area contributed by atoms with E-state index in [9.17, 15) is 4.79 Å². The second kappa shape index (κ2) is 8.76. The summed E-state index contributed by atoms with van der Waals surface area (Å²) in [6, 6.07) is 0. The van der Waals surface area contributed by atoms with E-state index in [4.69, 9.17) is 20.4 Å². The van der Waals surface area contributed by atoms with Crippen LogP contribution in [0, 0.1) is 5.41 Å². The fourth-order valence-electron chi connectivity index (χ4n) is 2.17. The molecule has 1 aliphatic carbocycles. The zero-order valence-electron chi connectivity index (χ0n) is 12.1. The molecule has 0 heterocycles. The van der Waals surface area contributed by atoms with Crippen LogP contribution in [0.2, 0.25) is 0 Å². The predicted octanol–water partition coefficient (Wildman–Crippen LogP) is 0.463. The van der Waals surface area contributed by atoms with E-state index in [0.29, 0.717) is 39.2 Å². The lowest BCUT2D eigenvalue weighted by atomic mass is 9.67.